The summed E-state index contributed by atoms with van der Waals surface area (Å²) in [6, 6.07) is 5.34. The van der Waals surface area contributed by atoms with Crippen molar-refractivity contribution in [3.05, 3.63) is 23.8 Å². The normalized spacial score (nSPS) is 13.4. The Balaban J connectivity index is 3.26. The lowest BCUT2D eigenvalue weighted by Gasteiger charge is -2.28. The predicted molar refractivity (Wildman–Crippen MR) is 96.2 cm³/mol. The van der Waals surface area contributed by atoms with Crippen molar-refractivity contribution >= 4 is 22.6 Å². The molecule has 0 spiro atoms. The third kappa shape index (κ3) is 6.76. The summed E-state index contributed by atoms with van der Waals surface area (Å²) in [7, 11) is -0.822. The van der Waals surface area contributed by atoms with Crippen LogP contribution < -0.4 is 9.47 Å². The van der Waals surface area contributed by atoms with Gasteiger partial charge in [-0.3, -0.25) is 4.79 Å². The van der Waals surface area contributed by atoms with Crippen LogP contribution >= 0.6 is 0 Å². The number of carbonyl (C=O) groups excluding carboxylic acids is 1. The van der Waals surface area contributed by atoms with Gasteiger partial charge in [0.25, 0.3) is 0 Å². The molecule has 0 fully saturated rings. The van der Waals surface area contributed by atoms with Crippen LogP contribution in [0, 0.1) is 0 Å². The van der Waals surface area contributed by atoms with Gasteiger partial charge in [-0.05, 0) is 57.0 Å². The Morgan fingerprint density at radius 2 is 1.35 bits per heavy atom. The number of hydrogen-bond acceptors (Lipinski definition) is 5. The van der Waals surface area contributed by atoms with Crippen LogP contribution in [-0.4, -0.2) is 36.8 Å². The number of methoxy groups -OCH3 is 2. The molecule has 130 valence electrons. The van der Waals surface area contributed by atoms with Crippen molar-refractivity contribution in [2.45, 2.75) is 45.4 Å². The van der Waals surface area contributed by atoms with Gasteiger partial charge in [0, 0.05) is 6.07 Å². The Bertz CT molecular complexity index is 524. The minimum atomic E-state index is -2.01. The maximum Gasteiger partial charge on any atom is 0.325 e. The van der Waals surface area contributed by atoms with Crippen LogP contribution in [0.1, 0.15) is 11.7 Å². The summed E-state index contributed by atoms with van der Waals surface area (Å²) in [5, 5.41) is 0. The highest BCUT2D eigenvalue weighted by atomic mass is 28.4. The van der Waals surface area contributed by atoms with E-state index in [1.54, 1.807) is 32.4 Å². The molecule has 0 bridgehead atoms. The van der Waals surface area contributed by atoms with Crippen molar-refractivity contribution in [2.24, 2.45) is 0 Å². The molecule has 0 aromatic heterocycles. The van der Waals surface area contributed by atoms with Crippen molar-refractivity contribution < 1.29 is 23.1 Å². The van der Waals surface area contributed by atoms with Crippen LogP contribution in [0.2, 0.25) is 39.3 Å². The summed E-state index contributed by atoms with van der Waals surface area (Å²) in [6.07, 6.45) is -0.766. The minimum absolute atomic E-state index is 0.345. The highest BCUT2D eigenvalue weighted by Crippen LogP contribution is 2.31. The molecule has 0 amide bonds. The van der Waals surface area contributed by atoms with E-state index in [0.29, 0.717) is 17.1 Å². The molecule has 1 unspecified atom stereocenters. The molecular formula is C16H28O5Si2. The number of carbonyl (C=O) groups is 1. The van der Waals surface area contributed by atoms with Gasteiger partial charge in [-0.2, -0.15) is 0 Å². The first-order valence-corrected chi connectivity index (χ1v) is 14.4. The molecule has 0 heterocycles. The van der Waals surface area contributed by atoms with Gasteiger partial charge in [0.2, 0.25) is 8.32 Å². The van der Waals surface area contributed by atoms with E-state index < -0.39 is 22.7 Å². The van der Waals surface area contributed by atoms with Crippen molar-refractivity contribution in [1.29, 1.82) is 0 Å². The summed E-state index contributed by atoms with van der Waals surface area (Å²) in [5.41, 5.74) is 0.687. The first-order chi connectivity index (χ1) is 10.4. The summed E-state index contributed by atoms with van der Waals surface area (Å²) in [5.74, 6) is 0.885. The summed E-state index contributed by atoms with van der Waals surface area (Å²) >= 11 is 0. The highest BCUT2D eigenvalue weighted by Gasteiger charge is 2.33. The van der Waals surface area contributed by atoms with E-state index in [0.717, 1.165) is 0 Å². The Morgan fingerprint density at radius 1 is 0.870 bits per heavy atom. The number of rotatable bonds is 7. The molecule has 7 heteroatoms. The zero-order valence-corrected chi connectivity index (χ0v) is 17.4. The zero-order chi connectivity index (χ0) is 17.8. The smallest absolute Gasteiger partial charge is 0.325 e. The Morgan fingerprint density at radius 3 is 1.70 bits per heavy atom. The lowest BCUT2D eigenvalue weighted by molar-refractivity contribution is -0.143. The maximum absolute atomic E-state index is 12.7. The lowest BCUT2D eigenvalue weighted by atomic mass is 10.1. The van der Waals surface area contributed by atoms with Crippen molar-refractivity contribution in [3.8, 4) is 11.5 Å². The van der Waals surface area contributed by atoms with Crippen molar-refractivity contribution in [2.75, 3.05) is 14.2 Å². The summed E-state index contributed by atoms with van der Waals surface area (Å²) < 4.78 is 22.3. The molecule has 1 aromatic carbocycles. The largest absolute Gasteiger partial charge is 0.518 e. The van der Waals surface area contributed by atoms with Gasteiger partial charge in [0.15, 0.2) is 14.4 Å². The van der Waals surface area contributed by atoms with Crippen LogP contribution in [0.5, 0.6) is 11.5 Å². The molecule has 0 aliphatic rings. The number of benzene rings is 1. The SMILES string of the molecule is COc1cc(OC)cc(C(O[Si](C)(C)C)C(=O)O[Si](C)(C)C)c1. The quantitative estimate of drug-likeness (QED) is 0.692. The Kier molecular flexibility index (Phi) is 6.44. The van der Waals surface area contributed by atoms with E-state index in [2.05, 4.69) is 0 Å². The van der Waals surface area contributed by atoms with Crippen molar-refractivity contribution in [3.63, 3.8) is 0 Å². The number of hydrogen-bond donors (Lipinski definition) is 0. The van der Waals surface area contributed by atoms with E-state index in [1.165, 1.54) is 0 Å². The van der Waals surface area contributed by atoms with Gasteiger partial charge in [0.1, 0.15) is 11.5 Å². The average Bonchev–Trinajstić information content (AvgIpc) is 2.41. The van der Waals surface area contributed by atoms with Gasteiger partial charge >= 0.3 is 5.97 Å². The standard InChI is InChI=1S/C16H28O5Si2/c1-18-13-9-12(10-14(11-13)19-2)15(20-22(3,4)5)16(17)21-23(6,7)8/h9-11,15H,1-8H3. The molecule has 0 saturated heterocycles. The molecule has 0 aliphatic heterocycles. The fourth-order valence-corrected chi connectivity index (χ4v) is 3.59. The van der Waals surface area contributed by atoms with Crippen LogP contribution in [0.3, 0.4) is 0 Å². The van der Waals surface area contributed by atoms with Gasteiger partial charge in [-0.25, -0.2) is 0 Å². The first kappa shape index (κ1) is 19.7. The molecule has 1 atom stereocenters. The van der Waals surface area contributed by atoms with Gasteiger partial charge in [-0.15, -0.1) is 0 Å². The zero-order valence-electron chi connectivity index (χ0n) is 15.4. The summed E-state index contributed by atoms with van der Waals surface area (Å²) in [6.45, 7) is 12.0. The minimum Gasteiger partial charge on any atom is -0.518 e. The fraction of sp³-hybridized carbons (Fsp3) is 0.562. The molecule has 0 aliphatic carbocycles. The molecule has 1 rings (SSSR count). The van der Waals surface area contributed by atoms with E-state index in [9.17, 15) is 4.79 Å². The van der Waals surface area contributed by atoms with Crippen LogP contribution in [0.25, 0.3) is 0 Å². The topological polar surface area (TPSA) is 54.0 Å². The third-order valence-electron chi connectivity index (χ3n) is 2.77. The second-order valence-electron chi connectivity index (χ2n) is 7.29. The molecule has 0 radical (unpaired) electrons. The fourth-order valence-electron chi connectivity index (χ4n) is 1.94. The second-order valence-corrected chi connectivity index (χ2v) is 16.2. The van der Waals surface area contributed by atoms with Crippen LogP contribution in [0.15, 0.2) is 18.2 Å². The van der Waals surface area contributed by atoms with Crippen molar-refractivity contribution in [1.82, 2.24) is 0 Å². The third-order valence-corrected chi connectivity index (χ3v) is 4.53. The number of ether oxygens (including phenoxy) is 2. The molecule has 5 nitrogen and oxygen atoms in total. The van der Waals surface area contributed by atoms with E-state index in [-0.39, 0.29) is 5.97 Å². The molecule has 1 aromatic rings. The van der Waals surface area contributed by atoms with Crippen LogP contribution in [0.4, 0.5) is 0 Å². The average molecular weight is 357 g/mol. The highest BCUT2D eigenvalue weighted by molar-refractivity contribution is 6.71. The maximum atomic E-state index is 12.7. The molecule has 23 heavy (non-hydrogen) atoms. The Labute approximate surface area is 141 Å². The van der Waals surface area contributed by atoms with E-state index in [1.807, 2.05) is 39.3 Å². The monoisotopic (exact) mass is 356 g/mol. The summed E-state index contributed by atoms with van der Waals surface area (Å²) in [4.78, 5) is 12.7. The van der Waals surface area contributed by atoms with E-state index in [4.69, 9.17) is 18.3 Å². The molecule has 0 N–H and O–H groups in total. The first-order valence-electron chi connectivity index (χ1n) is 7.59. The van der Waals surface area contributed by atoms with Gasteiger partial charge in [0.05, 0.1) is 14.2 Å². The molecular weight excluding hydrogens is 328 g/mol. The predicted octanol–water partition coefficient (Wildman–Crippen LogP) is 3.97. The van der Waals surface area contributed by atoms with Gasteiger partial charge in [-0.1, -0.05) is 0 Å². The van der Waals surface area contributed by atoms with Crippen LogP contribution in [-0.2, 0) is 13.6 Å². The Hall–Kier alpha value is -1.32. The van der Waals surface area contributed by atoms with Gasteiger partial charge < -0.3 is 18.3 Å². The lowest BCUT2D eigenvalue weighted by Crippen LogP contribution is -2.37. The van der Waals surface area contributed by atoms with E-state index >= 15 is 0 Å². The second kappa shape index (κ2) is 7.50. The molecule has 0 saturated carbocycles.